The van der Waals surface area contributed by atoms with Gasteiger partial charge in [0, 0.05) is 19.8 Å². The van der Waals surface area contributed by atoms with Crippen LogP contribution in [-0.2, 0) is 52.5 Å². The normalized spacial score (nSPS) is 20.9. The molecule has 0 spiro atoms. The maximum atomic E-state index is 13.3. The fourth-order valence-electron chi connectivity index (χ4n) is 6.89. The summed E-state index contributed by atoms with van der Waals surface area (Å²) in [5.41, 5.74) is 5.27. The summed E-state index contributed by atoms with van der Waals surface area (Å²) < 4.78 is 30.8. The van der Waals surface area contributed by atoms with E-state index in [2.05, 4.69) is 24.5 Å². The van der Waals surface area contributed by atoms with E-state index in [0.29, 0.717) is 12.8 Å². The molecule has 61 heavy (non-hydrogen) atoms. The predicted molar refractivity (Wildman–Crippen MR) is 224 cm³/mol. The maximum Gasteiger partial charge on any atom is 0.309 e. The number of rotatable bonds is 34. The minimum Gasteiger partial charge on any atom is -0.481 e. The molecule has 4 amide bonds. The average molecular weight is 874 g/mol. The Balaban J connectivity index is 2.94. The number of carboxylic acids is 1. The predicted octanol–water partition coefficient (Wildman–Crippen LogP) is 3.59. The molecule has 1 saturated heterocycles. The number of hydrogen-bond donors (Lipinski definition) is 7. The Hall–Kier alpha value is -3.87. The zero-order chi connectivity index (χ0) is 46.6. The van der Waals surface area contributed by atoms with E-state index in [-0.39, 0.29) is 30.5 Å². The van der Waals surface area contributed by atoms with Gasteiger partial charge in [-0.3, -0.25) is 33.6 Å². The van der Waals surface area contributed by atoms with Gasteiger partial charge in [0.05, 0.1) is 6.42 Å². The molecule has 1 unspecified atom stereocenters. The standard InChI is InChI=1S/C43H76N4O14/c1-6-8-10-12-14-15-17-19-21-23-35(51)60-31(22-20-18-16-13-11-9-7-2)26-36(52)58-27-33-38(53)39(37(43(57)61-33)46-30(5)48)59-29(4)42(56)45-28(3)41(55)47-32(40(44)54)24-25-34(49)50/h28-29,31-33,37-39,43,53,57H,6-27H2,1-5H3,(H2,44,54)(H,45,56)(H,46,48)(H,47,55)(H,49,50)/t28-,29+,31+,32-,33+,37+,38+,39+,43?/m0/s1/i/hD. The van der Waals surface area contributed by atoms with Gasteiger partial charge in [-0.15, -0.1) is 0 Å². The topological polar surface area (TPSA) is 279 Å². The molecule has 8 N–H and O–H groups in total. The number of nitrogens with one attached hydrogen (secondary N) is 3. The van der Waals surface area contributed by atoms with E-state index < -0.39 is 104 Å². The quantitative estimate of drug-likeness (QED) is 0.0360. The minimum absolute atomic E-state index is 0.241. The fraction of sp³-hybridized carbons (Fsp3) is 0.837. The van der Waals surface area contributed by atoms with Crippen LogP contribution < -0.4 is 21.7 Å². The highest BCUT2D eigenvalue weighted by Gasteiger charge is 2.47. The molecule has 0 aromatic heterocycles. The van der Waals surface area contributed by atoms with E-state index in [1.54, 1.807) is 0 Å². The first-order chi connectivity index (χ1) is 29.4. The molecule has 9 atom stereocenters. The molecule has 1 fully saturated rings. The number of esters is 2. The van der Waals surface area contributed by atoms with Crippen LogP contribution in [0.25, 0.3) is 0 Å². The first-order valence-electron chi connectivity index (χ1n) is 22.8. The smallest absolute Gasteiger partial charge is 0.309 e. The lowest BCUT2D eigenvalue weighted by molar-refractivity contribution is -0.267. The van der Waals surface area contributed by atoms with Crippen LogP contribution in [0.1, 0.15) is 169 Å². The van der Waals surface area contributed by atoms with Crippen LogP contribution in [0, 0.1) is 0 Å². The molecule has 0 aliphatic carbocycles. The number of aliphatic hydroxyl groups excluding tert-OH is 2. The van der Waals surface area contributed by atoms with Crippen molar-refractivity contribution in [3.63, 3.8) is 0 Å². The number of carboxylic acid groups (broad SMARTS) is 1. The van der Waals surface area contributed by atoms with Gasteiger partial charge in [-0.05, 0) is 39.5 Å². The summed E-state index contributed by atoms with van der Waals surface area (Å²) in [6, 6.07) is -4.36. The summed E-state index contributed by atoms with van der Waals surface area (Å²) in [6.07, 6.45) is 7.92. The minimum atomic E-state index is -1.82. The van der Waals surface area contributed by atoms with Crippen LogP contribution in [-0.4, -0.2) is 118 Å². The van der Waals surface area contributed by atoms with Gasteiger partial charge in [0.2, 0.25) is 23.6 Å². The third-order valence-corrected chi connectivity index (χ3v) is 10.5. The van der Waals surface area contributed by atoms with Crippen LogP contribution in [0.3, 0.4) is 0 Å². The van der Waals surface area contributed by atoms with Crippen molar-refractivity contribution in [1.82, 2.24) is 15.9 Å². The molecule has 1 aliphatic heterocycles. The molecule has 0 radical (unpaired) electrons. The van der Waals surface area contributed by atoms with Crippen molar-refractivity contribution in [3.05, 3.63) is 0 Å². The molecule has 352 valence electrons. The summed E-state index contributed by atoms with van der Waals surface area (Å²) in [6.45, 7) is 7.24. The van der Waals surface area contributed by atoms with E-state index in [0.717, 1.165) is 71.6 Å². The molecule has 18 heteroatoms. The molecule has 0 aromatic rings. The van der Waals surface area contributed by atoms with Gasteiger partial charge in [0.25, 0.3) is 0 Å². The second kappa shape index (κ2) is 31.9. The van der Waals surface area contributed by atoms with Crippen molar-refractivity contribution < 1.29 is 69.2 Å². The SMILES string of the molecule is [2H]N(C(=O)[C@@H](C)O[C@H]1[C@H](O)[C@@H](COC(=O)C[C@@H](CCCCCCCCC)OC(=O)CCCCCCCCCCC)OC(O)[C@@H]1NC(C)=O)[C@@H](C)C(=O)N[C@@H](CCC(=O)O)C(N)=O. The van der Waals surface area contributed by atoms with Gasteiger partial charge in [0.1, 0.15) is 55.3 Å². The first-order valence-corrected chi connectivity index (χ1v) is 22.4. The van der Waals surface area contributed by atoms with Crippen LogP contribution in [0.4, 0.5) is 0 Å². The number of primary amides is 1. The second-order valence-electron chi connectivity index (χ2n) is 16.1. The lowest BCUT2D eigenvalue weighted by Crippen LogP contribution is -2.66. The molecule has 18 nitrogen and oxygen atoms in total. The highest BCUT2D eigenvalue weighted by atomic mass is 16.6. The number of hydrogen-bond acceptors (Lipinski definition) is 13. The van der Waals surface area contributed by atoms with Crippen molar-refractivity contribution in [3.8, 4) is 0 Å². The third kappa shape index (κ3) is 24.4. The van der Waals surface area contributed by atoms with Gasteiger partial charge in [-0.2, -0.15) is 0 Å². The zero-order valence-corrected chi connectivity index (χ0v) is 37.1. The Labute approximate surface area is 362 Å². The molecular formula is C43H76N4O14. The van der Waals surface area contributed by atoms with E-state index >= 15 is 0 Å². The third-order valence-electron chi connectivity index (χ3n) is 10.5. The van der Waals surface area contributed by atoms with E-state index in [1.165, 1.54) is 45.4 Å². The number of unbranched alkanes of at least 4 members (excludes halogenated alkanes) is 14. The second-order valence-corrected chi connectivity index (χ2v) is 16.1. The zero-order valence-electron chi connectivity index (χ0n) is 38.1. The number of aliphatic carboxylic acids is 1. The van der Waals surface area contributed by atoms with Gasteiger partial charge in [-0.25, -0.2) is 0 Å². The number of carbonyl (C=O) groups is 7. The summed E-state index contributed by atoms with van der Waals surface area (Å²) >= 11 is 0. The Kier molecular flexibility index (Phi) is 27.9. The summed E-state index contributed by atoms with van der Waals surface area (Å²) in [5, 5.41) is 36.0. The lowest BCUT2D eigenvalue weighted by atomic mass is 9.96. The monoisotopic (exact) mass is 874 g/mol. The number of ether oxygens (including phenoxy) is 4. The summed E-state index contributed by atoms with van der Waals surface area (Å²) in [5.74, 6) is -6.14. The molecule has 1 heterocycles. The van der Waals surface area contributed by atoms with Gasteiger partial charge in [-0.1, -0.05) is 104 Å². The summed E-state index contributed by atoms with van der Waals surface area (Å²) in [4.78, 5) is 86.9. The molecule has 1 rings (SSSR count). The Morgan fingerprint density at radius 3 is 1.87 bits per heavy atom. The molecule has 0 aromatic carbocycles. The van der Waals surface area contributed by atoms with Crippen LogP contribution in [0.2, 0.25) is 1.41 Å². The average Bonchev–Trinajstić information content (AvgIpc) is 3.21. The number of carbonyl (C=O) groups excluding carboxylic acids is 6. The molecule has 1 aliphatic rings. The number of aliphatic hydroxyl groups is 2. The Morgan fingerprint density at radius 2 is 1.33 bits per heavy atom. The van der Waals surface area contributed by atoms with Gasteiger partial charge in [0.15, 0.2) is 7.70 Å². The van der Waals surface area contributed by atoms with Crippen molar-refractivity contribution in [2.75, 3.05) is 6.61 Å². The van der Waals surface area contributed by atoms with E-state index in [4.69, 9.17) is 31.2 Å². The molecular weight excluding hydrogens is 796 g/mol. The number of amides is 4. The van der Waals surface area contributed by atoms with E-state index in [1.807, 2.05) is 0 Å². The highest BCUT2D eigenvalue weighted by Crippen LogP contribution is 2.25. The largest absolute Gasteiger partial charge is 0.481 e. The highest BCUT2D eigenvalue weighted by molar-refractivity contribution is 5.92. The van der Waals surface area contributed by atoms with Crippen molar-refractivity contribution in [1.29, 1.82) is 0 Å². The number of nitrogens with two attached hydrogens (primary N) is 1. The Morgan fingerprint density at radius 1 is 0.770 bits per heavy atom. The summed E-state index contributed by atoms with van der Waals surface area (Å²) in [7, 11) is 0. The van der Waals surface area contributed by atoms with Gasteiger partial charge >= 0.3 is 17.9 Å². The Bertz CT molecular complexity index is 1380. The maximum absolute atomic E-state index is 13.3. The van der Waals surface area contributed by atoms with Crippen LogP contribution in [0.5, 0.6) is 0 Å². The molecule has 0 saturated carbocycles. The molecule has 0 bridgehead atoms. The fourth-order valence-corrected chi connectivity index (χ4v) is 6.89. The van der Waals surface area contributed by atoms with Crippen molar-refractivity contribution >= 4 is 41.5 Å². The van der Waals surface area contributed by atoms with E-state index in [9.17, 15) is 43.8 Å². The van der Waals surface area contributed by atoms with Crippen LogP contribution in [0.15, 0.2) is 0 Å². The van der Waals surface area contributed by atoms with Crippen molar-refractivity contribution in [2.45, 2.75) is 224 Å². The first kappa shape index (κ1) is 53.3. The van der Waals surface area contributed by atoms with Gasteiger partial charge < -0.3 is 55.9 Å². The van der Waals surface area contributed by atoms with Crippen LogP contribution >= 0.6 is 0 Å². The van der Waals surface area contributed by atoms with Crippen molar-refractivity contribution in [2.24, 2.45) is 5.73 Å². The lowest BCUT2D eigenvalue weighted by Gasteiger charge is -2.43.